The molecular weight excluding hydrogens is 264 g/mol. The second-order valence-corrected chi connectivity index (χ2v) is 6.09. The molecule has 2 aliphatic rings. The number of nitrogens with zero attached hydrogens (tertiary/aromatic N) is 5. The van der Waals surface area contributed by atoms with E-state index < -0.39 is 0 Å². The minimum absolute atomic E-state index is 0.589. The van der Waals surface area contributed by atoms with Gasteiger partial charge in [-0.3, -0.25) is 4.90 Å². The Morgan fingerprint density at radius 1 is 1.24 bits per heavy atom. The maximum atomic E-state index is 4.23. The highest BCUT2D eigenvalue weighted by Gasteiger charge is 2.41. The number of likely N-dealkylation sites (tertiary alicyclic amines) is 1. The third-order valence-electron chi connectivity index (χ3n) is 4.94. The SMILES string of the molecule is CC1C2CNCC2CN1Cc1nnnn1-c1ccccc1. The summed E-state index contributed by atoms with van der Waals surface area (Å²) in [6.45, 7) is 6.58. The second-order valence-electron chi connectivity index (χ2n) is 6.09. The van der Waals surface area contributed by atoms with Crippen molar-refractivity contribution in [2.45, 2.75) is 19.5 Å². The Morgan fingerprint density at radius 3 is 2.90 bits per heavy atom. The van der Waals surface area contributed by atoms with Gasteiger partial charge < -0.3 is 5.32 Å². The molecule has 0 amide bonds. The fraction of sp³-hybridized carbons (Fsp3) is 0.533. The average molecular weight is 284 g/mol. The van der Waals surface area contributed by atoms with Crippen LogP contribution < -0.4 is 5.32 Å². The first-order valence-electron chi connectivity index (χ1n) is 7.60. The summed E-state index contributed by atoms with van der Waals surface area (Å²) in [5.74, 6) is 2.47. The molecule has 6 heteroatoms. The number of benzene rings is 1. The van der Waals surface area contributed by atoms with E-state index in [2.05, 4.69) is 32.7 Å². The van der Waals surface area contributed by atoms with E-state index in [4.69, 9.17) is 0 Å². The molecule has 1 aromatic heterocycles. The summed E-state index contributed by atoms with van der Waals surface area (Å²) in [6, 6.07) is 10.7. The Morgan fingerprint density at radius 2 is 2.10 bits per heavy atom. The monoisotopic (exact) mass is 284 g/mol. The molecule has 2 aromatic rings. The van der Waals surface area contributed by atoms with E-state index in [-0.39, 0.29) is 0 Å². The number of rotatable bonds is 3. The lowest BCUT2D eigenvalue weighted by atomic mass is 9.95. The van der Waals surface area contributed by atoms with Gasteiger partial charge in [0, 0.05) is 12.6 Å². The molecule has 0 radical (unpaired) electrons. The molecule has 2 saturated heterocycles. The third kappa shape index (κ3) is 2.24. The van der Waals surface area contributed by atoms with E-state index >= 15 is 0 Å². The van der Waals surface area contributed by atoms with Crippen molar-refractivity contribution >= 4 is 0 Å². The van der Waals surface area contributed by atoms with Crippen LogP contribution in [0.25, 0.3) is 5.69 Å². The standard InChI is InChI=1S/C15H20N6/c1-11-14-8-16-7-12(14)9-20(11)10-15-17-18-19-21(15)13-5-3-2-4-6-13/h2-6,11-12,14,16H,7-10H2,1H3. The lowest BCUT2D eigenvalue weighted by Gasteiger charge is -2.23. The summed E-state index contributed by atoms with van der Waals surface area (Å²) in [6.07, 6.45) is 0. The normalized spacial score (nSPS) is 28.9. The van der Waals surface area contributed by atoms with Gasteiger partial charge in [-0.25, -0.2) is 0 Å². The molecule has 0 spiro atoms. The quantitative estimate of drug-likeness (QED) is 0.899. The third-order valence-corrected chi connectivity index (χ3v) is 4.94. The summed E-state index contributed by atoms with van der Waals surface area (Å²) < 4.78 is 1.85. The van der Waals surface area contributed by atoms with Crippen LogP contribution in [0.4, 0.5) is 0 Å². The van der Waals surface area contributed by atoms with Crippen molar-refractivity contribution in [3.8, 4) is 5.69 Å². The van der Waals surface area contributed by atoms with Gasteiger partial charge in [0.1, 0.15) is 0 Å². The van der Waals surface area contributed by atoms with Crippen molar-refractivity contribution in [2.75, 3.05) is 19.6 Å². The van der Waals surface area contributed by atoms with Crippen LogP contribution in [-0.4, -0.2) is 50.8 Å². The highest BCUT2D eigenvalue weighted by molar-refractivity contribution is 5.30. The van der Waals surface area contributed by atoms with E-state index in [0.29, 0.717) is 6.04 Å². The lowest BCUT2D eigenvalue weighted by molar-refractivity contribution is 0.224. The molecule has 1 aromatic carbocycles. The van der Waals surface area contributed by atoms with Crippen molar-refractivity contribution in [1.82, 2.24) is 30.4 Å². The van der Waals surface area contributed by atoms with E-state index in [9.17, 15) is 0 Å². The van der Waals surface area contributed by atoms with E-state index in [1.807, 2.05) is 35.0 Å². The first-order valence-corrected chi connectivity index (χ1v) is 7.60. The molecule has 0 saturated carbocycles. The molecule has 3 unspecified atom stereocenters. The van der Waals surface area contributed by atoms with E-state index in [0.717, 1.165) is 49.5 Å². The first kappa shape index (κ1) is 12.9. The summed E-state index contributed by atoms with van der Waals surface area (Å²) in [7, 11) is 0. The molecule has 0 bridgehead atoms. The number of aromatic nitrogens is 4. The number of tetrazole rings is 1. The van der Waals surface area contributed by atoms with Crippen LogP contribution in [0.5, 0.6) is 0 Å². The summed E-state index contributed by atoms with van der Waals surface area (Å²) >= 11 is 0. The zero-order chi connectivity index (χ0) is 14.2. The molecule has 0 aliphatic carbocycles. The van der Waals surface area contributed by atoms with Crippen molar-refractivity contribution in [3.05, 3.63) is 36.2 Å². The van der Waals surface area contributed by atoms with Crippen molar-refractivity contribution < 1.29 is 0 Å². The van der Waals surface area contributed by atoms with Crippen LogP contribution >= 0.6 is 0 Å². The van der Waals surface area contributed by atoms with Crippen LogP contribution in [0.3, 0.4) is 0 Å². The van der Waals surface area contributed by atoms with Crippen molar-refractivity contribution in [3.63, 3.8) is 0 Å². The van der Waals surface area contributed by atoms with Crippen LogP contribution in [-0.2, 0) is 6.54 Å². The van der Waals surface area contributed by atoms with Gasteiger partial charge in [-0.2, -0.15) is 4.68 Å². The zero-order valence-corrected chi connectivity index (χ0v) is 12.2. The van der Waals surface area contributed by atoms with Gasteiger partial charge in [0.15, 0.2) is 5.82 Å². The molecule has 2 aliphatic heterocycles. The van der Waals surface area contributed by atoms with Crippen LogP contribution in [0.2, 0.25) is 0 Å². The van der Waals surface area contributed by atoms with Crippen molar-refractivity contribution in [1.29, 1.82) is 0 Å². The first-order chi connectivity index (χ1) is 10.3. The highest BCUT2D eigenvalue weighted by Crippen LogP contribution is 2.33. The smallest absolute Gasteiger partial charge is 0.170 e. The molecule has 21 heavy (non-hydrogen) atoms. The number of hydrogen-bond donors (Lipinski definition) is 1. The number of hydrogen-bond acceptors (Lipinski definition) is 5. The lowest BCUT2D eigenvalue weighted by Crippen LogP contribution is -2.33. The molecule has 1 N–H and O–H groups in total. The Balaban J connectivity index is 1.55. The molecule has 3 atom stereocenters. The number of fused-ring (bicyclic) bond motifs is 1. The van der Waals surface area contributed by atoms with Crippen LogP contribution in [0, 0.1) is 11.8 Å². The molecule has 110 valence electrons. The van der Waals surface area contributed by atoms with Crippen LogP contribution in [0.15, 0.2) is 30.3 Å². The highest BCUT2D eigenvalue weighted by atomic mass is 15.5. The van der Waals surface area contributed by atoms with Gasteiger partial charge in [-0.05, 0) is 54.4 Å². The maximum Gasteiger partial charge on any atom is 0.170 e. The Hall–Kier alpha value is -1.79. The predicted octanol–water partition coefficient (Wildman–Crippen LogP) is 0.702. The van der Waals surface area contributed by atoms with Gasteiger partial charge in [-0.15, -0.1) is 5.10 Å². The Bertz CT molecular complexity index is 610. The van der Waals surface area contributed by atoms with Gasteiger partial charge >= 0.3 is 0 Å². The topological polar surface area (TPSA) is 58.9 Å². The zero-order valence-electron chi connectivity index (χ0n) is 12.2. The van der Waals surface area contributed by atoms with Crippen molar-refractivity contribution in [2.24, 2.45) is 11.8 Å². The number of nitrogens with one attached hydrogen (secondary N) is 1. The fourth-order valence-corrected chi connectivity index (χ4v) is 3.72. The summed E-state index contributed by atoms with van der Waals surface area (Å²) in [5, 5.41) is 15.7. The maximum absolute atomic E-state index is 4.23. The largest absolute Gasteiger partial charge is 0.316 e. The Kier molecular flexibility index (Phi) is 3.20. The second kappa shape index (κ2) is 5.20. The predicted molar refractivity (Wildman–Crippen MR) is 78.9 cm³/mol. The van der Waals surface area contributed by atoms with Gasteiger partial charge in [0.25, 0.3) is 0 Å². The van der Waals surface area contributed by atoms with Gasteiger partial charge in [0.2, 0.25) is 0 Å². The molecule has 2 fully saturated rings. The molecule has 3 heterocycles. The Labute approximate surface area is 124 Å². The molecular formula is C15H20N6. The average Bonchev–Trinajstić information content (AvgIpc) is 3.20. The van der Waals surface area contributed by atoms with Crippen LogP contribution in [0.1, 0.15) is 12.7 Å². The van der Waals surface area contributed by atoms with Gasteiger partial charge in [0.05, 0.1) is 12.2 Å². The number of para-hydroxylation sites is 1. The van der Waals surface area contributed by atoms with E-state index in [1.54, 1.807) is 0 Å². The van der Waals surface area contributed by atoms with Gasteiger partial charge in [-0.1, -0.05) is 18.2 Å². The minimum Gasteiger partial charge on any atom is -0.316 e. The summed E-state index contributed by atoms with van der Waals surface area (Å²) in [4.78, 5) is 2.52. The molecule has 4 rings (SSSR count). The minimum atomic E-state index is 0.589. The molecule has 6 nitrogen and oxygen atoms in total. The summed E-state index contributed by atoms with van der Waals surface area (Å²) in [5.41, 5.74) is 1.02. The van der Waals surface area contributed by atoms with E-state index in [1.165, 1.54) is 0 Å². The fourth-order valence-electron chi connectivity index (χ4n) is 3.72.